The smallest absolute Gasteiger partial charge is 0.394 e. The van der Waals surface area contributed by atoms with E-state index in [0.29, 0.717) is 0 Å². The summed E-state index contributed by atoms with van der Waals surface area (Å²) < 4.78 is 64.9. The van der Waals surface area contributed by atoms with Crippen molar-refractivity contribution >= 4 is 21.8 Å². The summed E-state index contributed by atoms with van der Waals surface area (Å²) in [4.78, 5) is 19.2. The van der Waals surface area contributed by atoms with Crippen LogP contribution in [0.1, 0.15) is 10.5 Å². The predicted octanol–water partition coefficient (Wildman–Crippen LogP) is 0.433. The van der Waals surface area contributed by atoms with E-state index in [-0.39, 0.29) is 11.5 Å². The van der Waals surface area contributed by atoms with Crippen LogP contribution in [0.5, 0.6) is 0 Å². The van der Waals surface area contributed by atoms with Gasteiger partial charge in [0.1, 0.15) is 11.1 Å². The van der Waals surface area contributed by atoms with E-state index in [1.54, 1.807) is 0 Å². The monoisotopic (exact) mass is 368 g/mol. The SMILES string of the molecule is CN(C)S(=O)(=O)[C@@H]1CN(c2cnc(C(=O)O)cn2)C[C@H]1C(F)(F)F. The lowest BCUT2D eigenvalue weighted by Crippen LogP contribution is -2.43. The first-order valence-corrected chi connectivity index (χ1v) is 8.23. The molecule has 0 spiro atoms. The lowest BCUT2D eigenvalue weighted by molar-refractivity contribution is -0.167. The van der Waals surface area contributed by atoms with E-state index in [4.69, 9.17) is 5.11 Å². The molecule has 0 amide bonds. The molecule has 0 aliphatic carbocycles. The molecule has 24 heavy (non-hydrogen) atoms. The number of carbonyl (C=O) groups is 1. The number of carboxylic acid groups (broad SMARTS) is 1. The summed E-state index contributed by atoms with van der Waals surface area (Å²) in [6, 6.07) is 0. The molecule has 1 fully saturated rings. The number of hydrogen-bond donors (Lipinski definition) is 1. The molecule has 0 unspecified atom stereocenters. The summed E-state index contributed by atoms with van der Waals surface area (Å²) in [5.74, 6) is -3.41. The zero-order valence-corrected chi connectivity index (χ0v) is 13.5. The highest BCUT2D eigenvalue weighted by Gasteiger charge is 2.55. The van der Waals surface area contributed by atoms with Crippen LogP contribution < -0.4 is 4.90 Å². The molecule has 12 heteroatoms. The second-order valence-electron chi connectivity index (χ2n) is 5.48. The average molecular weight is 368 g/mol. The summed E-state index contributed by atoms with van der Waals surface area (Å²) in [6.45, 7) is -1.01. The zero-order valence-electron chi connectivity index (χ0n) is 12.7. The molecule has 8 nitrogen and oxygen atoms in total. The lowest BCUT2D eigenvalue weighted by Gasteiger charge is -2.23. The fraction of sp³-hybridized carbons (Fsp3) is 0.583. The molecule has 1 aromatic heterocycles. The lowest BCUT2D eigenvalue weighted by atomic mass is 10.1. The van der Waals surface area contributed by atoms with Crippen LogP contribution in [0.2, 0.25) is 0 Å². The maximum absolute atomic E-state index is 13.2. The van der Waals surface area contributed by atoms with Crippen molar-refractivity contribution < 1.29 is 31.5 Å². The Balaban J connectivity index is 2.34. The largest absolute Gasteiger partial charge is 0.476 e. The predicted molar refractivity (Wildman–Crippen MR) is 77.1 cm³/mol. The highest BCUT2D eigenvalue weighted by Crippen LogP contribution is 2.38. The van der Waals surface area contributed by atoms with Crippen molar-refractivity contribution in [3.05, 3.63) is 18.1 Å². The van der Waals surface area contributed by atoms with Gasteiger partial charge in [0.2, 0.25) is 10.0 Å². The van der Waals surface area contributed by atoms with Gasteiger partial charge in [-0.25, -0.2) is 27.5 Å². The average Bonchev–Trinajstić information content (AvgIpc) is 2.93. The van der Waals surface area contributed by atoms with Crippen LogP contribution in [-0.4, -0.2) is 72.4 Å². The number of rotatable bonds is 4. The van der Waals surface area contributed by atoms with Crippen molar-refractivity contribution in [1.82, 2.24) is 14.3 Å². The van der Waals surface area contributed by atoms with Gasteiger partial charge in [-0.3, -0.25) is 0 Å². The summed E-state index contributed by atoms with van der Waals surface area (Å²) in [5, 5.41) is 7.08. The molecule has 1 aliphatic heterocycles. The number of aromatic carboxylic acids is 1. The molecule has 0 radical (unpaired) electrons. The third-order valence-electron chi connectivity index (χ3n) is 3.76. The van der Waals surface area contributed by atoms with E-state index < -0.39 is 46.4 Å². The van der Waals surface area contributed by atoms with Crippen molar-refractivity contribution in [3.8, 4) is 0 Å². The Morgan fingerprint density at radius 2 is 1.92 bits per heavy atom. The third kappa shape index (κ3) is 3.43. The molecule has 1 aliphatic rings. The van der Waals surface area contributed by atoms with E-state index in [9.17, 15) is 26.4 Å². The maximum Gasteiger partial charge on any atom is 0.394 e. The number of hydrogen-bond acceptors (Lipinski definition) is 6. The van der Waals surface area contributed by atoms with Crippen LogP contribution in [-0.2, 0) is 10.0 Å². The van der Waals surface area contributed by atoms with E-state index in [2.05, 4.69) is 9.97 Å². The minimum Gasteiger partial charge on any atom is -0.476 e. The summed E-state index contributed by atoms with van der Waals surface area (Å²) >= 11 is 0. The Morgan fingerprint density at radius 1 is 1.29 bits per heavy atom. The molecule has 2 heterocycles. The Hall–Kier alpha value is -1.95. The molecule has 2 atom stereocenters. The Labute approximate surface area is 136 Å². The van der Waals surface area contributed by atoms with Crippen LogP contribution in [0, 0.1) is 5.92 Å². The Kier molecular flexibility index (Phi) is 4.72. The quantitative estimate of drug-likeness (QED) is 0.822. The topological polar surface area (TPSA) is 104 Å². The molecular formula is C12H15F3N4O4S. The zero-order chi connectivity index (χ0) is 18.3. The first kappa shape index (κ1) is 18.4. The number of alkyl halides is 3. The van der Waals surface area contributed by atoms with E-state index in [1.165, 1.54) is 14.1 Å². The van der Waals surface area contributed by atoms with Gasteiger partial charge in [0.25, 0.3) is 0 Å². The summed E-state index contributed by atoms with van der Waals surface area (Å²) in [6.07, 6.45) is -2.77. The Morgan fingerprint density at radius 3 is 2.33 bits per heavy atom. The van der Waals surface area contributed by atoms with Gasteiger partial charge in [0.05, 0.1) is 18.3 Å². The molecule has 1 saturated heterocycles. The van der Waals surface area contributed by atoms with Crippen molar-refractivity contribution in [3.63, 3.8) is 0 Å². The normalized spacial score (nSPS) is 22.2. The van der Waals surface area contributed by atoms with Crippen LogP contribution >= 0.6 is 0 Å². The van der Waals surface area contributed by atoms with Gasteiger partial charge in [-0.15, -0.1) is 0 Å². The highest BCUT2D eigenvalue weighted by molar-refractivity contribution is 7.89. The Bertz CT molecular complexity index is 721. The molecule has 0 aromatic carbocycles. The van der Waals surface area contributed by atoms with Crippen molar-refractivity contribution in [2.75, 3.05) is 32.1 Å². The van der Waals surface area contributed by atoms with Gasteiger partial charge in [-0.2, -0.15) is 13.2 Å². The van der Waals surface area contributed by atoms with Crippen molar-refractivity contribution in [1.29, 1.82) is 0 Å². The molecule has 2 rings (SSSR count). The van der Waals surface area contributed by atoms with Crippen LogP contribution in [0.3, 0.4) is 0 Å². The van der Waals surface area contributed by atoms with Crippen molar-refractivity contribution in [2.45, 2.75) is 11.4 Å². The fourth-order valence-corrected chi connectivity index (χ4v) is 4.01. The number of nitrogens with zero attached hydrogens (tertiary/aromatic N) is 4. The van der Waals surface area contributed by atoms with Gasteiger partial charge in [0.15, 0.2) is 5.69 Å². The van der Waals surface area contributed by atoms with Gasteiger partial charge in [-0.1, -0.05) is 0 Å². The molecular weight excluding hydrogens is 353 g/mol. The fourth-order valence-electron chi connectivity index (χ4n) is 2.44. The second kappa shape index (κ2) is 6.16. The second-order valence-corrected chi connectivity index (χ2v) is 7.85. The van der Waals surface area contributed by atoms with Gasteiger partial charge in [0, 0.05) is 27.2 Å². The van der Waals surface area contributed by atoms with Crippen LogP contribution in [0.4, 0.5) is 19.0 Å². The summed E-state index contributed by atoms with van der Waals surface area (Å²) in [5.41, 5.74) is -0.359. The number of carboxylic acids is 1. The van der Waals surface area contributed by atoms with Gasteiger partial charge < -0.3 is 10.0 Å². The van der Waals surface area contributed by atoms with Crippen LogP contribution in [0.25, 0.3) is 0 Å². The standard InChI is InChI=1S/C12H15F3N4O4S/c1-18(2)24(22,23)9-6-19(5-7(9)12(13,14)15)10-4-16-8(3-17-10)11(20)21/h3-4,7,9H,5-6H2,1-2H3,(H,20,21)/t7-,9-/m1/s1. The first-order chi connectivity index (χ1) is 10.9. The molecule has 0 saturated carbocycles. The van der Waals surface area contributed by atoms with Gasteiger partial charge in [-0.05, 0) is 0 Å². The van der Waals surface area contributed by atoms with E-state index in [1.807, 2.05) is 0 Å². The number of aromatic nitrogens is 2. The highest BCUT2D eigenvalue weighted by atomic mass is 32.2. The van der Waals surface area contributed by atoms with Crippen molar-refractivity contribution in [2.24, 2.45) is 5.92 Å². The number of sulfonamides is 1. The first-order valence-electron chi connectivity index (χ1n) is 6.73. The minimum atomic E-state index is -4.70. The molecule has 0 bridgehead atoms. The maximum atomic E-state index is 13.2. The number of anilines is 1. The van der Waals surface area contributed by atoms with E-state index >= 15 is 0 Å². The van der Waals surface area contributed by atoms with Crippen LogP contribution in [0.15, 0.2) is 12.4 Å². The van der Waals surface area contributed by atoms with E-state index in [0.717, 1.165) is 21.6 Å². The molecule has 1 aromatic rings. The van der Waals surface area contributed by atoms with Gasteiger partial charge >= 0.3 is 12.1 Å². The number of halogens is 3. The molecule has 134 valence electrons. The molecule has 1 N–H and O–H groups in total. The minimum absolute atomic E-state index is 0.00861. The summed E-state index contributed by atoms with van der Waals surface area (Å²) in [7, 11) is -1.80. The third-order valence-corrected chi connectivity index (χ3v) is 6.02.